The number of hydrogen-bond acceptors (Lipinski definition) is 6. The summed E-state index contributed by atoms with van der Waals surface area (Å²) in [7, 11) is 0. The van der Waals surface area contributed by atoms with Gasteiger partial charge in [-0.15, -0.1) is 16.4 Å². The first kappa shape index (κ1) is 19.0. The highest BCUT2D eigenvalue weighted by Crippen LogP contribution is 2.21. The van der Waals surface area contributed by atoms with Crippen LogP contribution in [0.5, 0.6) is 0 Å². The molecule has 1 N–H and O–H groups in total. The predicted octanol–water partition coefficient (Wildman–Crippen LogP) is 2.31. The van der Waals surface area contributed by atoms with E-state index in [9.17, 15) is 9.59 Å². The molecule has 4 aromatic rings. The second-order valence-electron chi connectivity index (χ2n) is 6.62. The lowest BCUT2D eigenvalue weighted by Crippen LogP contribution is -2.41. The Bertz CT molecular complexity index is 1180. The first-order chi connectivity index (χ1) is 14.1. The van der Waals surface area contributed by atoms with Crippen molar-refractivity contribution < 1.29 is 4.79 Å². The van der Waals surface area contributed by atoms with Crippen LogP contribution in [0.25, 0.3) is 21.6 Å². The monoisotopic (exact) mass is 408 g/mol. The third-order valence-electron chi connectivity index (χ3n) is 4.61. The van der Waals surface area contributed by atoms with E-state index in [4.69, 9.17) is 0 Å². The molecule has 0 aliphatic heterocycles. The Morgan fingerprint density at radius 3 is 2.79 bits per heavy atom. The van der Waals surface area contributed by atoms with Crippen LogP contribution in [-0.4, -0.2) is 36.7 Å². The maximum absolute atomic E-state index is 12.5. The number of thiophene rings is 1. The van der Waals surface area contributed by atoms with Crippen LogP contribution in [0.15, 0.2) is 58.7 Å². The highest BCUT2D eigenvalue weighted by Gasteiger charge is 2.15. The largest absolute Gasteiger partial charge is 0.350 e. The predicted molar refractivity (Wildman–Crippen MR) is 112 cm³/mol. The van der Waals surface area contributed by atoms with E-state index in [2.05, 4.69) is 20.7 Å². The maximum atomic E-state index is 12.5. The van der Waals surface area contributed by atoms with Gasteiger partial charge in [-0.25, -0.2) is 9.36 Å². The lowest BCUT2D eigenvalue weighted by molar-refractivity contribution is -0.122. The maximum Gasteiger partial charge on any atom is 0.266 e. The zero-order valence-corrected chi connectivity index (χ0v) is 16.7. The van der Waals surface area contributed by atoms with Gasteiger partial charge < -0.3 is 5.32 Å². The molecule has 0 unspecified atom stereocenters. The molecular weight excluding hydrogens is 388 g/mol. The van der Waals surface area contributed by atoms with Gasteiger partial charge in [-0.3, -0.25) is 9.59 Å². The fourth-order valence-electron chi connectivity index (χ4n) is 3.06. The van der Waals surface area contributed by atoms with Gasteiger partial charge in [-0.2, -0.15) is 5.10 Å². The number of para-hydroxylation sites is 1. The first-order valence-corrected chi connectivity index (χ1v) is 10.2. The van der Waals surface area contributed by atoms with Crippen LogP contribution in [0.3, 0.4) is 0 Å². The summed E-state index contributed by atoms with van der Waals surface area (Å²) in [5.41, 5.74) is 2.10. The quantitative estimate of drug-likeness (QED) is 0.506. The Hall–Kier alpha value is -3.33. The zero-order chi connectivity index (χ0) is 20.2. The van der Waals surface area contributed by atoms with E-state index in [1.165, 1.54) is 10.7 Å². The molecule has 29 heavy (non-hydrogen) atoms. The topological polar surface area (TPSA) is 94.7 Å². The molecule has 0 aliphatic carbocycles. The molecule has 0 spiro atoms. The van der Waals surface area contributed by atoms with Gasteiger partial charge in [0, 0.05) is 12.1 Å². The molecule has 4 rings (SSSR count). The van der Waals surface area contributed by atoms with Crippen LogP contribution in [-0.2, 0) is 17.9 Å². The summed E-state index contributed by atoms with van der Waals surface area (Å²) >= 11 is 1.57. The van der Waals surface area contributed by atoms with Crippen molar-refractivity contribution in [1.29, 1.82) is 0 Å². The van der Waals surface area contributed by atoms with Crippen molar-refractivity contribution in [1.82, 2.24) is 30.1 Å². The Kier molecular flexibility index (Phi) is 5.48. The van der Waals surface area contributed by atoms with Gasteiger partial charge >= 0.3 is 0 Å². The summed E-state index contributed by atoms with van der Waals surface area (Å²) in [6.07, 6.45) is 0.668. The smallest absolute Gasteiger partial charge is 0.266 e. The summed E-state index contributed by atoms with van der Waals surface area (Å²) in [4.78, 5) is 25.8. The lowest BCUT2D eigenvalue weighted by atomic mass is 10.2. The van der Waals surface area contributed by atoms with E-state index in [1.807, 2.05) is 48.7 Å². The summed E-state index contributed by atoms with van der Waals surface area (Å²) in [5.74, 6) is -0.185. The van der Waals surface area contributed by atoms with Gasteiger partial charge in [0.05, 0.1) is 16.9 Å². The summed E-state index contributed by atoms with van der Waals surface area (Å²) in [6, 6.07) is 14.4. The summed E-state index contributed by atoms with van der Waals surface area (Å²) < 4.78 is 2.98. The number of aromatic nitrogens is 5. The summed E-state index contributed by atoms with van der Waals surface area (Å²) in [5, 5.41) is 17.5. The Balaban J connectivity index is 1.46. The molecule has 1 aromatic carbocycles. The Morgan fingerprint density at radius 1 is 1.14 bits per heavy atom. The van der Waals surface area contributed by atoms with E-state index in [-0.39, 0.29) is 24.1 Å². The number of hydrogen-bond donors (Lipinski definition) is 1. The summed E-state index contributed by atoms with van der Waals surface area (Å²) in [6.45, 7) is 2.33. The molecule has 0 saturated heterocycles. The number of fused-ring (bicyclic) bond motifs is 1. The molecule has 0 bridgehead atoms. The van der Waals surface area contributed by atoms with E-state index in [1.54, 1.807) is 22.1 Å². The number of rotatable bonds is 7. The fraction of sp³-hybridized carbons (Fsp3) is 0.250. The van der Waals surface area contributed by atoms with Crippen molar-refractivity contribution in [3.63, 3.8) is 0 Å². The molecule has 3 aromatic heterocycles. The number of benzene rings is 1. The molecule has 0 radical (unpaired) electrons. The van der Waals surface area contributed by atoms with E-state index < -0.39 is 0 Å². The van der Waals surface area contributed by atoms with Crippen molar-refractivity contribution >= 4 is 28.3 Å². The van der Waals surface area contributed by atoms with Crippen molar-refractivity contribution in [3.8, 4) is 10.6 Å². The number of carbonyl (C=O) groups is 1. The second-order valence-corrected chi connectivity index (χ2v) is 7.57. The van der Waals surface area contributed by atoms with Gasteiger partial charge in [0.25, 0.3) is 5.56 Å². The highest BCUT2D eigenvalue weighted by molar-refractivity contribution is 7.13. The SMILES string of the molecule is CC[C@@H](Cn1nc(-c2cccs2)ccc1=O)NC(=O)Cn1nnc2ccccc21. The van der Waals surface area contributed by atoms with Crippen molar-refractivity contribution in [2.45, 2.75) is 32.5 Å². The third-order valence-corrected chi connectivity index (χ3v) is 5.50. The van der Waals surface area contributed by atoms with E-state index in [0.717, 1.165) is 21.6 Å². The zero-order valence-electron chi connectivity index (χ0n) is 15.9. The molecular formula is C20H20N6O2S. The molecule has 0 fully saturated rings. The molecule has 9 heteroatoms. The van der Waals surface area contributed by atoms with Gasteiger partial charge in [0.1, 0.15) is 17.8 Å². The Morgan fingerprint density at radius 2 is 2.00 bits per heavy atom. The standard InChI is InChI=1S/C20H20N6O2S/c1-2-14(12-26-20(28)10-9-16(23-26)18-8-5-11-29-18)21-19(27)13-25-17-7-4-3-6-15(17)22-24-25/h3-11,14H,2,12-13H2,1H3,(H,21,27)/t14-/m0/s1. The van der Waals surface area contributed by atoms with Gasteiger partial charge in [0.2, 0.25) is 5.91 Å². The van der Waals surface area contributed by atoms with E-state index >= 15 is 0 Å². The van der Waals surface area contributed by atoms with Crippen molar-refractivity contribution in [3.05, 3.63) is 64.3 Å². The molecule has 0 aliphatic rings. The van der Waals surface area contributed by atoms with Gasteiger partial charge in [-0.05, 0) is 36.1 Å². The van der Waals surface area contributed by atoms with Crippen LogP contribution in [0.1, 0.15) is 13.3 Å². The average Bonchev–Trinajstić information content (AvgIpc) is 3.40. The molecule has 148 valence electrons. The van der Waals surface area contributed by atoms with Gasteiger partial charge in [-0.1, -0.05) is 30.3 Å². The van der Waals surface area contributed by atoms with Crippen LogP contribution in [0, 0.1) is 0 Å². The minimum absolute atomic E-state index is 0.0641. The molecule has 1 atom stereocenters. The molecule has 3 heterocycles. The highest BCUT2D eigenvalue weighted by atomic mass is 32.1. The average molecular weight is 408 g/mol. The number of carbonyl (C=O) groups excluding carboxylic acids is 1. The normalized spacial score (nSPS) is 12.2. The molecule has 8 nitrogen and oxygen atoms in total. The van der Waals surface area contributed by atoms with Crippen LogP contribution >= 0.6 is 11.3 Å². The minimum Gasteiger partial charge on any atom is -0.350 e. The van der Waals surface area contributed by atoms with Crippen LogP contribution in [0.4, 0.5) is 0 Å². The number of amides is 1. The first-order valence-electron chi connectivity index (χ1n) is 9.33. The lowest BCUT2D eigenvalue weighted by Gasteiger charge is -2.18. The number of nitrogens with zero attached hydrogens (tertiary/aromatic N) is 5. The van der Waals surface area contributed by atoms with Crippen molar-refractivity contribution in [2.24, 2.45) is 0 Å². The van der Waals surface area contributed by atoms with Crippen LogP contribution < -0.4 is 10.9 Å². The van der Waals surface area contributed by atoms with Crippen molar-refractivity contribution in [2.75, 3.05) is 0 Å². The second kappa shape index (κ2) is 8.36. The molecule has 1 amide bonds. The van der Waals surface area contributed by atoms with Crippen LogP contribution in [0.2, 0.25) is 0 Å². The van der Waals surface area contributed by atoms with Gasteiger partial charge in [0.15, 0.2) is 0 Å². The fourth-order valence-corrected chi connectivity index (χ4v) is 3.75. The number of nitrogens with one attached hydrogen (secondary N) is 1. The Labute approximate surface area is 170 Å². The minimum atomic E-state index is -0.221. The van der Waals surface area contributed by atoms with E-state index in [0.29, 0.717) is 13.0 Å². The molecule has 0 saturated carbocycles. The third kappa shape index (κ3) is 4.24.